The number of nitrogens with zero attached hydrogens (tertiary/aromatic N) is 1. The van der Waals surface area contributed by atoms with E-state index in [1.165, 1.54) is 0 Å². The second kappa shape index (κ2) is 4.44. The molecule has 2 fully saturated rings. The fourth-order valence-electron chi connectivity index (χ4n) is 3.61. The second-order valence-corrected chi connectivity index (χ2v) is 5.85. The number of para-hydroxylation sites is 1. The van der Waals surface area contributed by atoms with Gasteiger partial charge < -0.3 is 14.7 Å². The third kappa shape index (κ3) is 2.27. The number of carboxylic acid groups (broad SMARTS) is 1. The highest BCUT2D eigenvalue weighted by molar-refractivity contribution is 5.66. The van der Waals surface area contributed by atoms with Crippen molar-refractivity contribution in [2.24, 2.45) is 0 Å². The standard InChI is InChI=1S/C15H19NO3/c1-15(19-13-5-3-2-4-6-13)9-11-7-8-12(10-15)16(11)14(17)18/h2-6,11-12H,7-10H2,1H3,(H,17,18)/t11-,12+,15?. The summed E-state index contributed by atoms with van der Waals surface area (Å²) in [6.45, 7) is 2.10. The van der Waals surface area contributed by atoms with Crippen LogP contribution >= 0.6 is 0 Å². The molecule has 0 aliphatic carbocycles. The summed E-state index contributed by atoms with van der Waals surface area (Å²) in [6.07, 6.45) is 2.71. The van der Waals surface area contributed by atoms with Crippen LogP contribution in [0.15, 0.2) is 30.3 Å². The van der Waals surface area contributed by atoms with Crippen molar-refractivity contribution in [3.63, 3.8) is 0 Å². The average molecular weight is 261 g/mol. The molecule has 1 aromatic carbocycles. The number of fused-ring (bicyclic) bond motifs is 2. The first-order valence-electron chi connectivity index (χ1n) is 6.83. The fraction of sp³-hybridized carbons (Fsp3) is 0.533. The number of amides is 1. The molecule has 2 aliphatic heterocycles. The first-order valence-corrected chi connectivity index (χ1v) is 6.83. The Bertz CT molecular complexity index is 460. The third-order valence-electron chi connectivity index (χ3n) is 4.28. The molecule has 4 heteroatoms. The topological polar surface area (TPSA) is 49.8 Å². The van der Waals surface area contributed by atoms with E-state index < -0.39 is 6.09 Å². The van der Waals surface area contributed by atoms with Crippen molar-refractivity contribution in [1.82, 2.24) is 4.90 Å². The molecule has 0 saturated carbocycles. The van der Waals surface area contributed by atoms with Crippen molar-refractivity contribution in [1.29, 1.82) is 0 Å². The lowest BCUT2D eigenvalue weighted by Crippen LogP contribution is -2.53. The maximum atomic E-state index is 11.3. The zero-order chi connectivity index (χ0) is 13.5. The van der Waals surface area contributed by atoms with Gasteiger partial charge in [-0.3, -0.25) is 0 Å². The molecule has 3 atom stereocenters. The Morgan fingerprint density at radius 3 is 2.37 bits per heavy atom. The summed E-state index contributed by atoms with van der Waals surface area (Å²) in [5.41, 5.74) is -0.251. The highest BCUT2D eigenvalue weighted by Crippen LogP contribution is 2.42. The smallest absolute Gasteiger partial charge is 0.407 e. The molecule has 19 heavy (non-hydrogen) atoms. The SMILES string of the molecule is CC1(Oc2ccccc2)C[C@H]2CC[C@@H](C1)N2C(=O)O. The Morgan fingerprint density at radius 1 is 1.26 bits per heavy atom. The average Bonchev–Trinajstić information content (AvgIpc) is 2.64. The first kappa shape index (κ1) is 12.3. The van der Waals surface area contributed by atoms with Gasteiger partial charge >= 0.3 is 6.09 Å². The van der Waals surface area contributed by atoms with Gasteiger partial charge in [-0.15, -0.1) is 0 Å². The molecule has 2 heterocycles. The van der Waals surface area contributed by atoms with E-state index in [0.717, 1.165) is 31.4 Å². The van der Waals surface area contributed by atoms with Crippen LogP contribution in [-0.4, -0.2) is 33.8 Å². The zero-order valence-corrected chi connectivity index (χ0v) is 11.1. The summed E-state index contributed by atoms with van der Waals surface area (Å²) in [7, 11) is 0. The molecule has 1 amide bonds. The van der Waals surface area contributed by atoms with Crippen LogP contribution in [0.2, 0.25) is 0 Å². The number of piperidine rings is 1. The Morgan fingerprint density at radius 2 is 1.84 bits per heavy atom. The fourth-order valence-corrected chi connectivity index (χ4v) is 3.61. The van der Waals surface area contributed by atoms with Gasteiger partial charge in [-0.05, 0) is 31.9 Å². The van der Waals surface area contributed by atoms with Crippen LogP contribution in [-0.2, 0) is 0 Å². The van der Waals surface area contributed by atoms with E-state index >= 15 is 0 Å². The molecule has 4 nitrogen and oxygen atoms in total. The first-order chi connectivity index (χ1) is 9.07. The highest BCUT2D eigenvalue weighted by atomic mass is 16.5. The van der Waals surface area contributed by atoms with Crippen molar-refractivity contribution in [3.8, 4) is 5.75 Å². The number of hydrogen-bond donors (Lipinski definition) is 1. The van der Waals surface area contributed by atoms with Crippen LogP contribution in [0.3, 0.4) is 0 Å². The Labute approximate surface area is 113 Å². The van der Waals surface area contributed by atoms with E-state index in [1.807, 2.05) is 30.3 Å². The lowest BCUT2D eigenvalue weighted by atomic mass is 9.87. The molecule has 1 unspecified atom stereocenters. The number of carbonyl (C=O) groups is 1. The Kier molecular flexibility index (Phi) is 2.88. The maximum Gasteiger partial charge on any atom is 0.407 e. The molecule has 0 spiro atoms. The van der Waals surface area contributed by atoms with Gasteiger partial charge in [0.1, 0.15) is 11.4 Å². The lowest BCUT2D eigenvalue weighted by Gasteiger charge is -2.43. The lowest BCUT2D eigenvalue weighted by molar-refractivity contribution is -0.0125. The summed E-state index contributed by atoms with van der Waals surface area (Å²) in [4.78, 5) is 12.9. The maximum absolute atomic E-state index is 11.3. The molecule has 2 saturated heterocycles. The van der Waals surface area contributed by atoms with Gasteiger partial charge in [-0.2, -0.15) is 0 Å². The van der Waals surface area contributed by atoms with Crippen molar-refractivity contribution in [2.45, 2.75) is 50.3 Å². The van der Waals surface area contributed by atoms with Crippen LogP contribution in [0.4, 0.5) is 4.79 Å². The minimum Gasteiger partial charge on any atom is -0.487 e. The van der Waals surface area contributed by atoms with Gasteiger partial charge in [0, 0.05) is 24.9 Å². The van der Waals surface area contributed by atoms with E-state index in [2.05, 4.69) is 6.92 Å². The van der Waals surface area contributed by atoms with Crippen LogP contribution in [0.5, 0.6) is 5.75 Å². The highest BCUT2D eigenvalue weighted by Gasteiger charge is 2.49. The summed E-state index contributed by atoms with van der Waals surface area (Å²) >= 11 is 0. The molecule has 0 radical (unpaired) electrons. The Hall–Kier alpha value is -1.71. The second-order valence-electron chi connectivity index (χ2n) is 5.85. The van der Waals surface area contributed by atoms with Gasteiger partial charge in [0.05, 0.1) is 0 Å². The van der Waals surface area contributed by atoms with E-state index in [1.54, 1.807) is 4.90 Å². The molecular formula is C15H19NO3. The van der Waals surface area contributed by atoms with Gasteiger partial charge in [0.25, 0.3) is 0 Å². The van der Waals surface area contributed by atoms with Crippen molar-refractivity contribution >= 4 is 6.09 Å². The minimum atomic E-state index is -0.783. The Balaban J connectivity index is 1.76. The molecule has 1 N–H and O–H groups in total. The van der Waals surface area contributed by atoms with Crippen LogP contribution in [0.1, 0.15) is 32.6 Å². The predicted molar refractivity (Wildman–Crippen MR) is 71.4 cm³/mol. The van der Waals surface area contributed by atoms with Gasteiger partial charge in [0.15, 0.2) is 0 Å². The molecule has 0 aromatic heterocycles. The van der Waals surface area contributed by atoms with Crippen LogP contribution < -0.4 is 4.74 Å². The summed E-state index contributed by atoms with van der Waals surface area (Å²) in [5, 5.41) is 9.26. The molecule has 2 bridgehead atoms. The summed E-state index contributed by atoms with van der Waals surface area (Å²) in [5.74, 6) is 0.869. The zero-order valence-electron chi connectivity index (χ0n) is 11.1. The minimum absolute atomic E-state index is 0.116. The van der Waals surface area contributed by atoms with Crippen LogP contribution in [0, 0.1) is 0 Å². The van der Waals surface area contributed by atoms with Crippen molar-refractivity contribution < 1.29 is 14.6 Å². The van der Waals surface area contributed by atoms with E-state index in [-0.39, 0.29) is 17.7 Å². The molecule has 102 valence electrons. The summed E-state index contributed by atoms with van der Waals surface area (Å²) < 4.78 is 6.13. The van der Waals surface area contributed by atoms with Crippen LogP contribution in [0.25, 0.3) is 0 Å². The van der Waals surface area contributed by atoms with E-state index in [9.17, 15) is 9.90 Å². The summed E-state index contributed by atoms with van der Waals surface area (Å²) in [6, 6.07) is 10.0. The van der Waals surface area contributed by atoms with E-state index in [0.29, 0.717) is 0 Å². The number of ether oxygens (including phenoxy) is 1. The number of hydrogen-bond acceptors (Lipinski definition) is 2. The van der Waals surface area contributed by atoms with Crippen molar-refractivity contribution in [2.75, 3.05) is 0 Å². The molecular weight excluding hydrogens is 242 g/mol. The van der Waals surface area contributed by atoms with Crippen molar-refractivity contribution in [3.05, 3.63) is 30.3 Å². The largest absolute Gasteiger partial charge is 0.487 e. The van der Waals surface area contributed by atoms with E-state index in [4.69, 9.17) is 4.74 Å². The predicted octanol–water partition coefficient (Wildman–Crippen LogP) is 3.13. The monoisotopic (exact) mass is 261 g/mol. The molecule has 1 aromatic rings. The quantitative estimate of drug-likeness (QED) is 0.889. The molecule has 2 aliphatic rings. The van der Waals surface area contributed by atoms with Gasteiger partial charge in [-0.25, -0.2) is 4.79 Å². The van der Waals surface area contributed by atoms with Gasteiger partial charge in [-0.1, -0.05) is 18.2 Å². The molecule has 3 rings (SSSR count). The number of benzene rings is 1. The van der Waals surface area contributed by atoms with Gasteiger partial charge in [0.2, 0.25) is 0 Å². The number of rotatable bonds is 2. The normalized spacial score (nSPS) is 33.2. The third-order valence-corrected chi connectivity index (χ3v) is 4.28.